The Kier molecular flexibility index (Phi) is 5.67. The van der Waals surface area contributed by atoms with E-state index in [0.29, 0.717) is 13.0 Å². The Bertz CT molecular complexity index is 593. The lowest BCUT2D eigenvalue weighted by molar-refractivity contribution is -0.120. The zero-order valence-electron chi connectivity index (χ0n) is 13.4. The van der Waals surface area contributed by atoms with E-state index < -0.39 is 0 Å². The molecule has 1 atom stereocenters. The molecule has 116 valence electrons. The van der Waals surface area contributed by atoms with E-state index in [9.17, 15) is 4.79 Å². The van der Waals surface area contributed by atoms with Gasteiger partial charge in [0.2, 0.25) is 5.91 Å². The standard InChI is InChI=1S/C18H23N3O/c1-14-6-8-16(9-7-14)17(21(2)3)13-20-18(22)11-15-5-4-10-19-12-15/h4-10,12,17H,11,13H2,1-3H3,(H,20,22)/t17-/m1/s1. The third-order valence-corrected chi connectivity index (χ3v) is 3.67. The second-order valence-corrected chi connectivity index (χ2v) is 5.73. The second-order valence-electron chi connectivity index (χ2n) is 5.73. The van der Waals surface area contributed by atoms with Crippen LogP contribution >= 0.6 is 0 Å². The fraction of sp³-hybridized carbons (Fsp3) is 0.333. The van der Waals surface area contributed by atoms with Crippen molar-refractivity contribution in [2.75, 3.05) is 20.6 Å². The molecule has 22 heavy (non-hydrogen) atoms. The normalized spacial score (nSPS) is 12.2. The van der Waals surface area contributed by atoms with Gasteiger partial charge in [0.05, 0.1) is 12.5 Å². The fourth-order valence-corrected chi connectivity index (χ4v) is 2.35. The van der Waals surface area contributed by atoms with Crippen LogP contribution in [-0.2, 0) is 11.2 Å². The highest BCUT2D eigenvalue weighted by atomic mass is 16.1. The number of hydrogen-bond acceptors (Lipinski definition) is 3. The molecule has 0 saturated heterocycles. The number of nitrogens with zero attached hydrogens (tertiary/aromatic N) is 2. The van der Waals surface area contributed by atoms with Gasteiger partial charge in [0.1, 0.15) is 0 Å². The topological polar surface area (TPSA) is 45.2 Å². The van der Waals surface area contributed by atoms with Crippen LogP contribution in [0, 0.1) is 6.92 Å². The maximum Gasteiger partial charge on any atom is 0.224 e. The zero-order chi connectivity index (χ0) is 15.9. The van der Waals surface area contributed by atoms with Gasteiger partial charge in [0.25, 0.3) is 0 Å². The molecule has 1 aromatic heterocycles. The van der Waals surface area contributed by atoms with Crippen LogP contribution < -0.4 is 5.32 Å². The van der Waals surface area contributed by atoms with Gasteiger partial charge >= 0.3 is 0 Å². The van der Waals surface area contributed by atoms with E-state index in [2.05, 4.69) is 46.4 Å². The Morgan fingerprint density at radius 1 is 1.23 bits per heavy atom. The van der Waals surface area contributed by atoms with E-state index in [4.69, 9.17) is 0 Å². The lowest BCUT2D eigenvalue weighted by Gasteiger charge is -2.25. The van der Waals surface area contributed by atoms with Crippen molar-refractivity contribution in [1.29, 1.82) is 0 Å². The van der Waals surface area contributed by atoms with E-state index >= 15 is 0 Å². The van der Waals surface area contributed by atoms with Crippen LogP contribution in [0.4, 0.5) is 0 Å². The van der Waals surface area contributed by atoms with E-state index in [-0.39, 0.29) is 11.9 Å². The summed E-state index contributed by atoms with van der Waals surface area (Å²) >= 11 is 0. The fourth-order valence-electron chi connectivity index (χ4n) is 2.35. The molecule has 1 N–H and O–H groups in total. The molecule has 0 fully saturated rings. The van der Waals surface area contributed by atoms with Gasteiger partial charge in [0.15, 0.2) is 0 Å². The van der Waals surface area contributed by atoms with E-state index in [1.54, 1.807) is 12.4 Å². The van der Waals surface area contributed by atoms with Crippen LogP contribution in [0.2, 0.25) is 0 Å². The molecule has 4 heteroatoms. The van der Waals surface area contributed by atoms with Crippen molar-refractivity contribution in [2.24, 2.45) is 0 Å². The smallest absolute Gasteiger partial charge is 0.224 e. The van der Waals surface area contributed by atoms with Crippen molar-refractivity contribution in [2.45, 2.75) is 19.4 Å². The summed E-state index contributed by atoms with van der Waals surface area (Å²) in [5.74, 6) is 0.0203. The monoisotopic (exact) mass is 297 g/mol. The molecule has 0 bridgehead atoms. The Labute approximate surface area is 132 Å². The molecule has 2 aromatic rings. The molecule has 1 aromatic carbocycles. The molecular weight excluding hydrogens is 274 g/mol. The molecule has 4 nitrogen and oxygen atoms in total. The SMILES string of the molecule is Cc1ccc([C@@H](CNC(=O)Cc2cccnc2)N(C)C)cc1. The second kappa shape index (κ2) is 7.71. The highest BCUT2D eigenvalue weighted by molar-refractivity contribution is 5.78. The van der Waals surface area contributed by atoms with Gasteiger partial charge in [-0.2, -0.15) is 0 Å². The number of benzene rings is 1. The number of likely N-dealkylation sites (N-methyl/N-ethyl adjacent to an activating group) is 1. The highest BCUT2D eigenvalue weighted by Crippen LogP contribution is 2.17. The summed E-state index contributed by atoms with van der Waals surface area (Å²) in [6, 6.07) is 12.4. The summed E-state index contributed by atoms with van der Waals surface area (Å²) in [5, 5.41) is 3.02. The molecule has 0 aliphatic rings. The molecule has 2 rings (SSSR count). The minimum Gasteiger partial charge on any atom is -0.354 e. The third-order valence-electron chi connectivity index (χ3n) is 3.67. The van der Waals surface area contributed by atoms with Crippen molar-refractivity contribution in [1.82, 2.24) is 15.2 Å². The summed E-state index contributed by atoms with van der Waals surface area (Å²) in [7, 11) is 4.05. The number of rotatable bonds is 6. The number of hydrogen-bond donors (Lipinski definition) is 1. The number of amides is 1. The molecular formula is C18H23N3O. The van der Waals surface area contributed by atoms with Crippen LogP contribution in [0.15, 0.2) is 48.8 Å². The van der Waals surface area contributed by atoms with Gasteiger partial charge in [0, 0.05) is 18.9 Å². The largest absolute Gasteiger partial charge is 0.354 e. The number of nitrogens with one attached hydrogen (secondary N) is 1. The van der Waals surface area contributed by atoms with Crippen molar-refractivity contribution in [3.63, 3.8) is 0 Å². The van der Waals surface area contributed by atoms with E-state index in [1.807, 2.05) is 26.2 Å². The Morgan fingerprint density at radius 2 is 1.95 bits per heavy atom. The minimum absolute atomic E-state index is 0.0203. The minimum atomic E-state index is 0.0203. The molecule has 1 heterocycles. The first-order valence-corrected chi connectivity index (χ1v) is 7.45. The summed E-state index contributed by atoms with van der Waals surface area (Å²) in [6.45, 7) is 2.67. The van der Waals surface area contributed by atoms with Gasteiger partial charge in [-0.25, -0.2) is 0 Å². The van der Waals surface area contributed by atoms with E-state index in [0.717, 1.165) is 5.56 Å². The van der Waals surface area contributed by atoms with Crippen molar-refractivity contribution in [3.05, 3.63) is 65.5 Å². The summed E-state index contributed by atoms with van der Waals surface area (Å²) in [4.78, 5) is 18.2. The maximum atomic E-state index is 12.1. The zero-order valence-corrected chi connectivity index (χ0v) is 13.4. The summed E-state index contributed by atoms with van der Waals surface area (Å²) in [5.41, 5.74) is 3.37. The quantitative estimate of drug-likeness (QED) is 0.890. The van der Waals surface area contributed by atoms with Gasteiger partial charge in [-0.1, -0.05) is 35.9 Å². The number of aryl methyl sites for hydroxylation is 1. The number of carbonyl (C=O) groups excluding carboxylic acids is 1. The highest BCUT2D eigenvalue weighted by Gasteiger charge is 2.15. The van der Waals surface area contributed by atoms with Crippen molar-refractivity contribution < 1.29 is 4.79 Å². The molecule has 0 aliphatic carbocycles. The van der Waals surface area contributed by atoms with Gasteiger partial charge in [-0.05, 0) is 38.2 Å². The van der Waals surface area contributed by atoms with Gasteiger partial charge in [-0.15, -0.1) is 0 Å². The van der Waals surface area contributed by atoms with Crippen LogP contribution in [0.5, 0.6) is 0 Å². The molecule has 0 radical (unpaired) electrons. The van der Waals surface area contributed by atoms with Gasteiger partial charge in [-0.3, -0.25) is 9.78 Å². The average molecular weight is 297 g/mol. The van der Waals surface area contributed by atoms with E-state index in [1.165, 1.54) is 11.1 Å². The first kappa shape index (κ1) is 16.2. The van der Waals surface area contributed by atoms with Crippen LogP contribution in [0.3, 0.4) is 0 Å². The number of carbonyl (C=O) groups is 1. The molecule has 0 saturated carbocycles. The van der Waals surface area contributed by atoms with Crippen LogP contribution in [-0.4, -0.2) is 36.4 Å². The Hall–Kier alpha value is -2.20. The number of pyridine rings is 1. The lowest BCUT2D eigenvalue weighted by Crippen LogP contribution is -2.35. The van der Waals surface area contributed by atoms with Crippen molar-refractivity contribution >= 4 is 5.91 Å². The summed E-state index contributed by atoms with van der Waals surface area (Å²) in [6.07, 6.45) is 3.80. The maximum absolute atomic E-state index is 12.1. The molecule has 0 spiro atoms. The van der Waals surface area contributed by atoms with Crippen LogP contribution in [0.25, 0.3) is 0 Å². The molecule has 0 unspecified atom stereocenters. The lowest BCUT2D eigenvalue weighted by atomic mass is 10.0. The average Bonchev–Trinajstić information content (AvgIpc) is 2.50. The molecule has 0 aliphatic heterocycles. The third kappa shape index (κ3) is 4.67. The molecule has 1 amide bonds. The first-order valence-electron chi connectivity index (χ1n) is 7.45. The summed E-state index contributed by atoms with van der Waals surface area (Å²) < 4.78 is 0. The van der Waals surface area contributed by atoms with Gasteiger partial charge < -0.3 is 10.2 Å². The first-order chi connectivity index (χ1) is 10.6. The van der Waals surface area contributed by atoms with Crippen LogP contribution in [0.1, 0.15) is 22.7 Å². The Morgan fingerprint density at radius 3 is 2.55 bits per heavy atom. The predicted molar refractivity (Wildman–Crippen MR) is 88.6 cm³/mol. The Balaban J connectivity index is 1.94. The van der Waals surface area contributed by atoms with Crippen molar-refractivity contribution in [3.8, 4) is 0 Å². The predicted octanol–water partition coefficient (Wildman–Crippen LogP) is 2.35. The number of aromatic nitrogens is 1.